The van der Waals surface area contributed by atoms with Gasteiger partial charge in [0.1, 0.15) is 5.82 Å². The highest BCUT2D eigenvalue weighted by atomic mass is 15.2. The van der Waals surface area contributed by atoms with Crippen LogP contribution in [-0.4, -0.2) is 4.98 Å². The predicted molar refractivity (Wildman–Crippen MR) is 168 cm³/mol. The molecule has 0 spiro atoms. The van der Waals surface area contributed by atoms with E-state index in [-0.39, 0.29) is 5.41 Å². The fourth-order valence-corrected chi connectivity index (χ4v) is 6.63. The summed E-state index contributed by atoms with van der Waals surface area (Å²) in [6.07, 6.45) is 4.50. The molecule has 6 aromatic rings. The largest absolute Gasteiger partial charge is 0.301 e. The van der Waals surface area contributed by atoms with Crippen LogP contribution in [0, 0.1) is 0 Å². The van der Waals surface area contributed by atoms with E-state index in [1.807, 2.05) is 6.07 Å². The lowest BCUT2D eigenvalue weighted by Gasteiger charge is -2.29. The molecule has 1 aromatic heterocycles. The van der Waals surface area contributed by atoms with E-state index < -0.39 is 0 Å². The highest BCUT2D eigenvalue weighted by molar-refractivity contribution is 6.10. The van der Waals surface area contributed by atoms with Gasteiger partial charge in [0.15, 0.2) is 0 Å². The minimum atomic E-state index is -0.0340. The van der Waals surface area contributed by atoms with Crippen molar-refractivity contribution in [1.82, 2.24) is 4.98 Å². The average molecular weight is 513 g/mol. The lowest BCUT2D eigenvalue weighted by atomic mass is 9.81. The molecule has 1 aliphatic heterocycles. The number of nitrogens with zero attached hydrogens (tertiary/aromatic N) is 2. The molecule has 0 bridgehead atoms. The van der Waals surface area contributed by atoms with Gasteiger partial charge in [0.05, 0.1) is 11.4 Å². The van der Waals surface area contributed by atoms with Crippen molar-refractivity contribution in [1.29, 1.82) is 0 Å². The predicted octanol–water partition coefficient (Wildman–Crippen LogP) is 10.00. The Morgan fingerprint density at radius 3 is 2.15 bits per heavy atom. The first-order chi connectivity index (χ1) is 19.6. The number of aromatic nitrogens is 1. The molecule has 2 heteroatoms. The molecule has 2 heterocycles. The number of rotatable bonds is 3. The number of hydrogen-bond donors (Lipinski definition) is 0. The van der Waals surface area contributed by atoms with E-state index in [2.05, 4.69) is 146 Å². The quantitative estimate of drug-likeness (QED) is 0.234. The second-order valence-corrected chi connectivity index (χ2v) is 11.3. The first kappa shape index (κ1) is 23.0. The summed E-state index contributed by atoms with van der Waals surface area (Å²) in [4.78, 5) is 7.48. The molecule has 0 saturated heterocycles. The van der Waals surface area contributed by atoms with Gasteiger partial charge < -0.3 is 4.90 Å². The Balaban J connectivity index is 1.36. The summed E-state index contributed by atoms with van der Waals surface area (Å²) in [5, 5.41) is 2.55. The normalized spacial score (nSPS) is 14.3. The Bertz CT molecular complexity index is 1910. The molecule has 2 aliphatic rings. The molecular formula is C38H28N2. The molecule has 0 saturated carbocycles. The van der Waals surface area contributed by atoms with Crippen LogP contribution in [0.1, 0.15) is 30.5 Å². The molecule has 5 aromatic carbocycles. The fraction of sp³-hybridized carbons (Fsp3) is 0.0789. The van der Waals surface area contributed by atoms with Crippen LogP contribution in [0.2, 0.25) is 0 Å². The van der Waals surface area contributed by atoms with Crippen LogP contribution in [-0.2, 0) is 5.41 Å². The third-order valence-corrected chi connectivity index (χ3v) is 8.61. The summed E-state index contributed by atoms with van der Waals surface area (Å²) in [6, 6.07) is 43.4. The Hall–Kier alpha value is -4.95. The summed E-state index contributed by atoms with van der Waals surface area (Å²) in [6.45, 7) is 4.70. The Kier molecular flexibility index (Phi) is 4.90. The molecule has 1 aliphatic carbocycles. The summed E-state index contributed by atoms with van der Waals surface area (Å²) in [5.74, 6) is 0.913. The molecule has 2 nitrogen and oxygen atoms in total. The molecule has 8 rings (SSSR count). The Labute approximate surface area is 234 Å². The topological polar surface area (TPSA) is 16.1 Å². The maximum absolute atomic E-state index is 5.22. The van der Waals surface area contributed by atoms with Gasteiger partial charge >= 0.3 is 0 Å². The minimum Gasteiger partial charge on any atom is -0.301 e. The monoisotopic (exact) mass is 512 g/mol. The van der Waals surface area contributed by atoms with Crippen LogP contribution in [0.4, 0.5) is 11.5 Å². The van der Waals surface area contributed by atoms with Crippen molar-refractivity contribution in [3.8, 4) is 33.5 Å². The third kappa shape index (κ3) is 3.32. The van der Waals surface area contributed by atoms with Crippen molar-refractivity contribution >= 4 is 28.4 Å². The van der Waals surface area contributed by atoms with Crippen molar-refractivity contribution < 1.29 is 0 Å². The maximum Gasteiger partial charge on any atom is 0.138 e. The standard InChI is InChI=1S/C38H28N2/c1-38(2)31-18-10-9-17-29(31)37-30-20-21-40(34-19-11-16-27(36(30)34)22-32(37)38)35-24-28(25-12-5-3-6-13-25)23-33(39-35)26-14-7-4-8-15-26/h3-24H,1-2H3. The molecule has 40 heavy (non-hydrogen) atoms. The lowest BCUT2D eigenvalue weighted by molar-refractivity contribution is 0.661. The highest BCUT2D eigenvalue weighted by Crippen LogP contribution is 2.54. The van der Waals surface area contributed by atoms with Crippen molar-refractivity contribution in [3.63, 3.8) is 0 Å². The highest BCUT2D eigenvalue weighted by Gasteiger charge is 2.38. The SMILES string of the molecule is CC1(C)c2ccccc2-c2c1cc1cccc3c1c2C=CN3c1cc(-c2ccccc2)cc(-c2ccccc2)n1. The zero-order chi connectivity index (χ0) is 26.8. The van der Waals surface area contributed by atoms with E-state index in [0.29, 0.717) is 0 Å². The smallest absolute Gasteiger partial charge is 0.138 e. The van der Waals surface area contributed by atoms with Gasteiger partial charge in [-0.05, 0) is 74.7 Å². The van der Waals surface area contributed by atoms with Crippen LogP contribution in [0.25, 0.3) is 50.4 Å². The summed E-state index contributed by atoms with van der Waals surface area (Å²) >= 11 is 0. The zero-order valence-electron chi connectivity index (χ0n) is 22.6. The lowest BCUT2D eigenvalue weighted by Crippen LogP contribution is -2.16. The van der Waals surface area contributed by atoms with Crippen LogP contribution in [0.5, 0.6) is 0 Å². The van der Waals surface area contributed by atoms with E-state index in [1.165, 1.54) is 44.2 Å². The van der Waals surface area contributed by atoms with Crippen molar-refractivity contribution in [2.24, 2.45) is 0 Å². The third-order valence-electron chi connectivity index (χ3n) is 8.61. The average Bonchev–Trinajstić information content (AvgIpc) is 3.24. The molecule has 0 N–H and O–H groups in total. The van der Waals surface area contributed by atoms with E-state index in [0.717, 1.165) is 28.3 Å². The molecule has 0 radical (unpaired) electrons. The fourth-order valence-electron chi connectivity index (χ4n) is 6.63. The van der Waals surface area contributed by atoms with Gasteiger partial charge in [-0.15, -0.1) is 0 Å². The van der Waals surface area contributed by atoms with Gasteiger partial charge in [0.2, 0.25) is 0 Å². The minimum absolute atomic E-state index is 0.0340. The Morgan fingerprint density at radius 2 is 1.35 bits per heavy atom. The van der Waals surface area contributed by atoms with E-state index in [4.69, 9.17) is 4.98 Å². The van der Waals surface area contributed by atoms with E-state index >= 15 is 0 Å². The second kappa shape index (κ2) is 8.53. The molecule has 0 amide bonds. The molecule has 0 unspecified atom stereocenters. The number of benzene rings is 5. The van der Waals surface area contributed by atoms with Crippen molar-refractivity contribution in [3.05, 3.63) is 144 Å². The number of anilines is 2. The molecule has 0 atom stereocenters. The Morgan fingerprint density at radius 1 is 0.625 bits per heavy atom. The number of fused-ring (bicyclic) bond motifs is 4. The van der Waals surface area contributed by atoms with Gasteiger partial charge in [-0.3, -0.25) is 0 Å². The first-order valence-electron chi connectivity index (χ1n) is 13.9. The number of pyridine rings is 1. The van der Waals surface area contributed by atoms with Crippen molar-refractivity contribution in [2.45, 2.75) is 19.3 Å². The van der Waals surface area contributed by atoms with Gasteiger partial charge in [-0.2, -0.15) is 0 Å². The number of hydrogen-bond acceptors (Lipinski definition) is 2. The summed E-state index contributed by atoms with van der Waals surface area (Å²) < 4.78 is 0. The van der Waals surface area contributed by atoms with Gasteiger partial charge in [0.25, 0.3) is 0 Å². The van der Waals surface area contributed by atoms with Crippen LogP contribution < -0.4 is 4.90 Å². The van der Waals surface area contributed by atoms with E-state index in [9.17, 15) is 0 Å². The van der Waals surface area contributed by atoms with Gasteiger partial charge in [-0.1, -0.05) is 111 Å². The van der Waals surface area contributed by atoms with Gasteiger partial charge in [-0.25, -0.2) is 4.98 Å². The zero-order valence-corrected chi connectivity index (χ0v) is 22.6. The second-order valence-electron chi connectivity index (χ2n) is 11.3. The first-order valence-corrected chi connectivity index (χ1v) is 13.9. The molecular weight excluding hydrogens is 484 g/mol. The van der Waals surface area contributed by atoms with Gasteiger partial charge in [0, 0.05) is 22.6 Å². The summed E-state index contributed by atoms with van der Waals surface area (Å²) in [5.41, 5.74) is 12.4. The van der Waals surface area contributed by atoms with Crippen LogP contribution in [0.15, 0.2) is 128 Å². The molecule has 0 fully saturated rings. The molecule has 190 valence electrons. The van der Waals surface area contributed by atoms with Crippen molar-refractivity contribution in [2.75, 3.05) is 4.90 Å². The van der Waals surface area contributed by atoms with E-state index in [1.54, 1.807) is 0 Å². The maximum atomic E-state index is 5.22. The van der Waals surface area contributed by atoms with Crippen LogP contribution in [0.3, 0.4) is 0 Å². The summed E-state index contributed by atoms with van der Waals surface area (Å²) in [7, 11) is 0. The van der Waals surface area contributed by atoms with Crippen LogP contribution >= 0.6 is 0 Å².